The van der Waals surface area contributed by atoms with Crippen molar-refractivity contribution in [2.75, 3.05) is 4.72 Å². The van der Waals surface area contributed by atoms with Gasteiger partial charge in [-0.3, -0.25) is 18.6 Å². The van der Waals surface area contributed by atoms with Crippen molar-refractivity contribution >= 4 is 75.5 Å². The van der Waals surface area contributed by atoms with Crippen LogP contribution in [0.4, 0.5) is 17.1 Å². The molecule has 5 aromatic carbocycles. The molecular weight excluding hydrogens is 682 g/mol. The van der Waals surface area contributed by atoms with Crippen molar-refractivity contribution in [1.29, 1.82) is 0 Å². The van der Waals surface area contributed by atoms with Gasteiger partial charge in [0.25, 0.3) is 30.3 Å². The Kier molecular flexibility index (Phi) is 8.69. The maximum atomic E-state index is 13.1. The van der Waals surface area contributed by atoms with Crippen LogP contribution in [0.25, 0.3) is 10.8 Å². The van der Waals surface area contributed by atoms with E-state index in [0.29, 0.717) is 16.7 Å². The number of nitrogens with zero attached hydrogens (tertiary/aromatic N) is 2. The predicted octanol–water partition coefficient (Wildman–Crippen LogP) is 6.14. The van der Waals surface area contributed by atoms with E-state index in [1.165, 1.54) is 48.5 Å². The number of benzene rings is 5. The average molecular weight is 702 g/mol. The largest absolute Gasteiger partial charge is 0.505 e. The second-order valence-electron chi connectivity index (χ2n) is 9.59. The van der Waals surface area contributed by atoms with Gasteiger partial charge in [0.05, 0.1) is 26.6 Å². The van der Waals surface area contributed by atoms with E-state index in [4.69, 9.17) is 11.6 Å². The number of hydrogen-bond donors (Lipinski definition) is 4. The van der Waals surface area contributed by atoms with E-state index in [0.717, 1.165) is 12.1 Å². The van der Waals surface area contributed by atoms with Gasteiger partial charge in [-0.15, -0.1) is 5.11 Å². The first kappa shape index (κ1) is 32.7. The van der Waals surface area contributed by atoms with Gasteiger partial charge in [-0.1, -0.05) is 29.8 Å². The summed E-state index contributed by atoms with van der Waals surface area (Å²) in [6, 6.07) is 20.9. The minimum absolute atomic E-state index is 0.0835. The van der Waals surface area contributed by atoms with E-state index in [2.05, 4.69) is 15.0 Å². The minimum Gasteiger partial charge on any atom is -0.505 e. The molecule has 46 heavy (non-hydrogen) atoms. The van der Waals surface area contributed by atoms with Crippen molar-refractivity contribution in [3.8, 4) is 5.75 Å². The fraction of sp³-hybridized carbons (Fsp3) is 0. The second-order valence-corrected chi connectivity index (χ2v) is 14.5. The smallest absolute Gasteiger partial charge is 0.296 e. The van der Waals surface area contributed by atoms with E-state index in [1.807, 2.05) is 0 Å². The number of fused-ring (bicyclic) bond motifs is 1. The van der Waals surface area contributed by atoms with E-state index < -0.39 is 67.9 Å². The lowest BCUT2D eigenvalue weighted by Gasteiger charge is -2.15. The fourth-order valence-electron chi connectivity index (χ4n) is 4.34. The van der Waals surface area contributed by atoms with Gasteiger partial charge in [0.2, 0.25) is 0 Å². The van der Waals surface area contributed by atoms with Crippen LogP contribution in [0.5, 0.6) is 5.75 Å². The Balaban J connectivity index is 1.63. The highest BCUT2D eigenvalue weighted by Gasteiger charge is 2.27. The highest BCUT2D eigenvalue weighted by atomic mass is 35.5. The molecule has 0 aliphatic carbocycles. The summed E-state index contributed by atoms with van der Waals surface area (Å²) in [7, 11) is -14.6. The quantitative estimate of drug-likeness (QED) is 0.0781. The first-order valence-corrected chi connectivity index (χ1v) is 17.5. The van der Waals surface area contributed by atoms with Crippen LogP contribution in [0.3, 0.4) is 0 Å². The van der Waals surface area contributed by atoms with Crippen LogP contribution >= 0.6 is 11.6 Å². The lowest BCUT2D eigenvalue weighted by Crippen LogP contribution is -2.14. The Morgan fingerprint density at radius 2 is 1.28 bits per heavy atom. The molecule has 0 aliphatic rings. The number of nitrogens with one attached hydrogen (secondary N) is 1. The van der Waals surface area contributed by atoms with Crippen LogP contribution in [0.15, 0.2) is 122 Å². The highest BCUT2D eigenvalue weighted by Crippen LogP contribution is 2.45. The van der Waals surface area contributed by atoms with Crippen molar-refractivity contribution in [1.82, 2.24) is 0 Å². The zero-order valence-corrected chi connectivity index (χ0v) is 26.1. The number of halogens is 1. The lowest BCUT2D eigenvalue weighted by atomic mass is 10.0. The monoisotopic (exact) mass is 701 g/mol. The summed E-state index contributed by atoms with van der Waals surface area (Å²) < 4.78 is 96.7. The molecule has 236 valence electrons. The van der Waals surface area contributed by atoms with Crippen molar-refractivity contribution in [3.05, 3.63) is 113 Å². The first-order chi connectivity index (χ1) is 21.5. The number of carbonyl (C=O) groups is 1. The average Bonchev–Trinajstić information content (AvgIpc) is 3.00. The van der Waals surface area contributed by atoms with Gasteiger partial charge in [-0.05, 0) is 84.2 Å². The number of sulfonamides is 1. The SMILES string of the molecule is O=C(c1ccc(Cl)cc1)c1ccc(N=Nc2c(S(=O)(=O)O)cc3cc(S(=O)(=O)O)cc(NS(=O)(=O)c4ccccc4)c3c2O)cc1. The Morgan fingerprint density at radius 1 is 0.696 bits per heavy atom. The van der Waals surface area contributed by atoms with Crippen molar-refractivity contribution in [3.63, 3.8) is 0 Å². The number of ketones is 1. The lowest BCUT2D eigenvalue weighted by molar-refractivity contribution is 0.103. The molecule has 0 bridgehead atoms. The number of azo groups is 1. The third-order valence-electron chi connectivity index (χ3n) is 6.50. The molecule has 4 N–H and O–H groups in total. The summed E-state index contributed by atoms with van der Waals surface area (Å²) in [4.78, 5) is 10.6. The molecule has 0 radical (unpaired) electrons. The summed E-state index contributed by atoms with van der Waals surface area (Å²) in [6.45, 7) is 0. The topological polar surface area (TPSA) is 217 Å². The van der Waals surface area contributed by atoms with Gasteiger partial charge in [0.15, 0.2) is 11.5 Å². The van der Waals surface area contributed by atoms with Crippen LogP contribution in [0.1, 0.15) is 15.9 Å². The van der Waals surface area contributed by atoms with E-state index in [9.17, 15) is 44.3 Å². The van der Waals surface area contributed by atoms with Crippen molar-refractivity contribution in [2.24, 2.45) is 10.2 Å². The normalized spacial score (nSPS) is 12.4. The summed E-state index contributed by atoms with van der Waals surface area (Å²) in [5, 5.41) is 18.5. The highest BCUT2D eigenvalue weighted by molar-refractivity contribution is 7.92. The third-order valence-corrected chi connectivity index (χ3v) is 9.83. The van der Waals surface area contributed by atoms with Crippen LogP contribution in [0, 0.1) is 0 Å². The first-order valence-electron chi connectivity index (χ1n) is 12.7. The maximum absolute atomic E-state index is 13.1. The number of phenolic OH excluding ortho intramolecular Hbond substituents is 1. The zero-order chi connectivity index (χ0) is 33.4. The minimum atomic E-state index is -5.16. The molecule has 5 rings (SSSR count). The van der Waals surface area contributed by atoms with Gasteiger partial charge in [-0.25, -0.2) is 8.42 Å². The number of carbonyl (C=O) groups excluding carboxylic acids is 1. The summed E-state index contributed by atoms with van der Waals surface area (Å²) >= 11 is 5.87. The number of anilines is 1. The van der Waals surface area contributed by atoms with Gasteiger partial charge in [0, 0.05) is 16.1 Å². The molecular formula is C29H20ClN3O10S3. The molecule has 0 spiro atoms. The molecule has 17 heteroatoms. The maximum Gasteiger partial charge on any atom is 0.296 e. The molecule has 0 heterocycles. The van der Waals surface area contributed by atoms with Gasteiger partial charge < -0.3 is 5.11 Å². The number of phenols is 1. The van der Waals surface area contributed by atoms with Crippen LogP contribution in [-0.2, 0) is 30.3 Å². The second kappa shape index (κ2) is 12.2. The molecule has 0 saturated carbocycles. The molecule has 0 amide bonds. The Labute approximate surface area is 267 Å². The van der Waals surface area contributed by atoms with E-state index in [-0.39, 0.29) is 21.9 Å². The van der Waals surface area contributed by atoms with Crippen molar-refractivity contribution in [2.45, 2.75) is 14.7 Å². The molecule has 0 saturated heterocycles. The number of rotatable bonds is 9. The number of aromatic hydroxyl groups is 1. The zero-order valence-electron chi connectivity index (χ0n) is 22.9. The van der Waals surface area contributed by atoms with Crippen LogP contribution < -0.4 is 4.72 Å². The molecule has 0 aromatic heterocycles. The standard InChI is InChI=1S/C29H20ClN3O10S3/c30-20-10-6-17(7-11-20)28(34)18-8-12-21(13-9-18)31-32-27-25(46(41,42)43)15-19-14-23(45(38,39)40)16-24(26(19)29(27)35)33-44(36,37)22-4-2-1-3-5-22/h1-16,33,35H,(H,38,39,40)(H,41,42,43). The summed E-state index contributed by atoms with van der Waals surface area (Å²) in [5.41, 5.74) is -0.668. The van der Waals surface area contributed by atoms with Gasteiger partial charge in [0.1, 0.15) is 10.6 Å². The summed E-state index contributed by atoms with van der Waals surface area (Å²) in [6.07, 6.45) is 0. The van der Waals surface area contributed by atoms with Crippen molar-refractivity contribution < 1.29 is 44.3 Å². The molecule has 5 aromatic rings. The molecule has 13 nitrogen and oxygen atoms in total. The molecule has 0 aliphatic heterocycles. The van der Waals surface area contributed by atoms with E-state index in [1.54, 1.807) is 30.3 Å². The Morgan fingerprint density at radius 3 is 1.85 bits per heavy atom. The van der Waals surface area contributed by atoms with Gasteiger partial charge in [-0.2, -0.15) is 21.9 Å². The summed E-state index contributed by atoms with van der Waals surface area (Å²) in [5.74, 6) is -1.33. The van der Waals surface area contributed by atoms with Crippen LogP contribution in [-0.4, -0.2) is 45.2 Å². The fourth-order valence-corrected chi connectivity index (χ4v) is 6.75. The number of hydrogen-bond acceptors (Lipinski definition) is 10. The van der Waals surface area contributed by atoms with Gasteiger partial charge >= 0.3 is 0 Å². The third kappa shape index (κ3) is 6.91. The Hall–Kier alpha value is -4.71. The van der Waals surface area contributed by atoms with E-state index >= 15 is 0 Å². The molecule has 0 atom stereocenters. The Bertz CT molecular complexity index is 2370. The predicted molar refractivity (Wildman–Crippen MR) is 168 cm³/mol. The molecule has 0 fully saturated rings. The molecule has 0 unspecified atom stereocenters. The van der Waals surface area contributed by atoms with Crippen LogP contribution in [0.2, 0.25) is 5.02 Å².